The van der Waals surface area contributed by atoms with Gasteiger partial charge in [0.1, 0.15) is 0 Å². The van der Waals surface area contributed by atoms with Crippen molar-refractivity contribution in [1.82, 2.24) is 15.1 Å². The molecule has 6 nitrogen and oxygen atoms in total. The third-order valence-corrected chi connectivity index (χ3v) is 5.53. The standard InChI is InChI=1S/C21H31N3O3/c1-17-2-4-18(5-3-17)16-20(25)24-9-6-19(7-10-24)21(26)22-8-11-23-12-14-27-15-13-23/h2-5,19H,6-16H2,1H3,(H,22,26). The Bertz CT molecular complexity index is 618. The van der Waals surface area contributed by atoms with E-state index < -0.39 is 0 Å². The molecule has 2 heterocycles. The number of morpholine rings is 1. The normalized spacial score (nSPS) is 19.1. The highest BCUT2D eigenvalue weighted by molar-refractivity contribution is 5.81. The zero-order valence-corrected chi connectivity index (χ0v) is 16.3. The maximum Gasteiger partial charge on any atom is 0.226 e. The summed E-state index contributed by atoms with van der Waals surface area (Å²) in [4.78, 5) is 29.1. The molecule has 0 spiro atoms. The first-order chi connectivity index (χ1) is 13.1. The largest absolute Gasteiger partial charge is 0.379 e. The lowest BCUT2D eigenvalue weighted by Gasteiger charge is -2.32. The van der Waals surface area contributed by atoms with Crippen molar-refractivity contribution in [3.63, 3.8) is 0 Å². The van der Waals surface area contributed by atoms with Gasteiger partial charge in [-0.3, -0.25) is 14.5 Å². The number of aryl methyl sites for hydroxylation is 1. The first kappa shape index (κ1) is 19.8. The average molecular weight is 373 g/mol. The molecule has 2 fully saturated rings. The summed E-state index contributed by atoms with van der Waals surface area (Å²) in [7, 11) is 0. The summed E-state index contributed by atoms with van der Waals surface area (Å²) < 4.78 is 5.33. The van der Waals surface area contributed by atoms with Gasteiger partial charge in [0.25, 0.3) is 0 Å². The molecular weight excluding hydrogens is 342 g/mol. The minimum Gasteiger partial charge on any atom is -0.379 e. The third kappa shape index (κ3) is 6.04. The monoisotopic (exact) mass is 373 g/mol. The fourth-order valence-corrected chi connectivity index (χ4v) is 3.69. The van der Waals surface area contributed by atoms with Crippen molar-refractivity contribution in [3.8, 4) is 0 Å². The number of carbonyl (C=O) groups is 2. The summed E-state index contributed by atoms with van der Waals surface area (Å²) in [5.74, 6) is 0.317. The van der Waals surface area contributed by atoms with E-state index in [-0.39, 0.29) is 17.7 Å². The van der Waals surface area contributed by atoms with Crippen molar-refractivity contribution in [2.75, 3.05) is 52.5 Å². The molecular formula is C21H31N3O3. The van der Waals surface area contributed by atoms with E-state index in [1.54, 1.807) is 0 Å². The highest BCUT2D eigenvalue weighted by Crippen LogP contribution is 2.18. The van der Waals surface area contributed by atoms with Crippen molar-refractivity contribution in [2.24, 2.45) is 5.92 Å². The molecule has 27 heavy (non-hydrogen) atoms. The summed E-state index contributed by atoms with van der Waals surface area (Å²) in [5.41, 5.74) is 2.25. The number of hydrogen-bond donors (Lipinski definition) is 1. The quantitative estimate of drug-likeness (QED) is 0.815. The van der Waals surface area contributed by atoms with Crippen LogP contribution in [0.3, 0.4) is 0 Å². The van der Waals surface area contributed by atoms with Crippen LogP contribution in [0.15, 0.2) is 24.3 Å². The molecule has 0 aromatic heterocycles. The number of amides is 2. The van der Waals surface area contributed by atoms with Crippen LogP contribution in [-0.4, -0.2) is 74.1 Å². The molecule has 2 amide bonds. The Hall–Kier alpha value is -1.92. The van der Waals surface area contributed by atoms with Crippen LogP contribution in [-0.2, 0) is 20.7 Å². The summed E-state index contributed by atoms with van der Waals surface area (Å²) in [6.45, 7) is 8.40. The second kappa shape index (κ2) is 9.85. The Kier molecular flexibility index (Phi) is 7.24. The Morgan fingerprint density at radius 3 is 2.41 bits per heavy atom. The van der Waals surface area contributed by atoms with Gasteiger partial charge in [-0.15, -0.1) is 0 Å². The predicted octanol–water partition coefficient (Wildman–Crippen LogP) is 1.22. The first-order valence-electron chi connectivity index (χ1n) is 10.0. The van der Waals surface area contributed by atoms with Gasteiger partial charge in [-0.1, -0.05) is 29.8 Å². The zero-order chi connectivity index (χ0) is 19.1. The lowest BCUT2D eigenvalue weighted by atomic mass is 9.95. The maximum absolute atomic E-state index is 12.5. The molecule has 0 unspecified atom stereocenters. The van der Waals surface area contributed by atoms with Gasteiger partial charge >= 0.3 is 0 Å². The van der Waals surface area contributed by atoms with E-state index in [0.717, 1.165) is 51.3 Å². The van der Waals surface area contributed by atoms with Crippen LogP contribution < -0.4 is 5.32 Å². The van der Waals surface area contributed by atoms with Gasteiger partial charge in [-0.05, 0) is 25.3 Å². The highest BCUT2D eigenvalue weighted by atomic mass is 16.5. The molecule has 148 valence electrons. The molecule has 0 saturated carbocycles. The molecule has 2 aliphatic heterocycles. The Morgan fingerprint density at radius 2 is 1.74 bits per heavy atom. The lowest BCUT2D eigenvalue weighted by Crippen LogP contribution is -2.45. The molecule has 2 saturated heterocycles. The van der Waals surface area contributed by atoms with Crippen molar-refractivity contribution >= 4 is 11.8 Å². The number of ether oxygens (including phenoxy) is 1. The van der Waals surface area contributed by atoms with Crippen molar-refractivity contribution < 1.29 is 14.3 Å². The molecule has 2 aliphatic rings. The Morgan fingerprint density at radius 1 is 1.07 bits per heavy atom. The van der Waals surface area contributed by atoms with Crippen molar-refractivity contribution in [3.05, 3.63) is 35.4 Å². The number of nitrogens with zero attached hydrogens (tertiary/aromatic N) is 2. The van der Waals surface area contributed by atoms with E-state index >= 15 is 0 Å². The molecule has 0 radical (unpaired) electrons. The van der Waals surface area contributed by atoms with E-state index in [1.807, 2.05) is 36.1 Å². The van der Waals surface area contributed by atoms with Crippen LogP contribution in [0.1, 0.15) is 24.0 Å². The van der Waals surface area contributed by atoms with Gasteiger partial charge in [0.2, 0.25) is 11.8 Å². The smallest absolute Gasteiger partial charge is 0.226 e. The summed E-state index contributed by atoms with van der Waals surface area (Å²) >= 11 is 0. The van der Waals surface area contributed by atoms with E-state index in [0.29, 0.717) is 26.1 Å². The fourth-order valence-electron chi connectivity index (χ4n) is 3.69. The highest BCUT2D eigenvalue weighted by Gasteiger charge is 2.27. The second-order valence-corrected chi connectivity index (χ2v) is 7.56. The van der Waals surface area contributed by atoms with Gasteiger partial charge in [0.15, 0.2) is 0 Å². The molecule has 0 atom stereocenters. The van der Waals surface area contributed by atoms with E-state index in [1.165, 1.54) is 5.56 Å². The fraction of sp³-hybridized carbons (Fsp3) is 0.619. The molecule has 0 bridgehead atoms. The van der Waals surface area contributed by atoms with Crippen LogP contribution in [0.2, 0.25) is 0 Å². The lowest BCUT2D eigenvalue weighted by molar-refractivity contribution is -0.135. The number of piperidine rings is 1. The van der Waals surface area contributed by atoms with Gasteiger partial charge in [-0.2, -0.15) is 0 Å². The maximum atomic E-state index is 12.5. The van der Waals surface area contributed by atoms with Crippen molar-refractivity contribution in [1.29, 1.82) is 0 Å². The van der Waals surface area contributed by atoms with Gasteiger partial charge in [0, 0.05) is 45.2 Å². The number of benzene rings is 1. The van der Waals surface area contributed by atoms with Gasteiger partial charge in [-0.25, -0.2) is 0 Å². The molecule has 1 aromatic carbocycles. The summed E-state index contributed by atoms with van der Waals surface area (Å²) in [6.07, 6.45) is 1.95. The third-order valence-electron chi connectivity index (χ3n) is 5.53. The number of carbonyl (C=O) groups excluding carboxylic acids is 2. The van der Waals surface area contributed by atoms with Gasteiger partial charge < -0.3 is 15.0 Å². The number of hydrogen-bond acceptors (Lipinski definition) is 4. The Labute approximate surface area is 161 Å². The average Bonchev–Trinajstić information content (AvgIpc) is 2.70. The van der Waals surface area contributed by atoms with E-state index in [4.69, 9.17) is 4.74 Å². The number of likely N-dealkylation sites (tertiary alicyclic amines) is 1. The van der Waals surface area contributed by atoms with Gasteiger partial charge in [0.05, 0.1) is 19.6 Å². The molecule has 1 aromatic rings. The number of rotatable bonds is 6. The molecule has 0 aliphatic carbocycles. The molecule has 3 rings (SSSR count). The first-order valence-corrected chi connectivity index (χ1v) is 10.0. The van der Waals surface area contributed by atoms with Crippen LogP contribution in [0, 0.1) is 12.8 Å². The molecule has 1 N–H and O–H groups in total. The minimum absolute atomic E-state index is 0.0260. The van der Waals surface area contributed by atoms with Crippen LogP contribution in [0.5, 0.6) is 0 Å². The van der Waals surface area contributed by atoms with E-state index in [9.17, 15) is 9.59 Å². The number of nitrogens with one attached hydrogen (secondary N) is 1. The van der Waals surface area contributed by atoms with Crippen LogP contribution in [0.25, 0.3) is 0 Å². The van der Waals surface area contributed by atoms with Crippen LogP contribution in [0.4, 0.5) is 0 Å². The summed E-state index contributed by atoms with van der Waals surface area (Å²) in [6, 6.07) is 8.11. The Balaban J connectivity index is 1.35. The van der Waals surface area contributed by atoms with E-state index in [2.05, 4.69) is 10.2 Å². The van der Waals surface area contributed by atoms with Crippen LogP contribution >= 0.6 is 0 Å². The van der Waals surface area contributed by atoms with Crippen molar-refractivity contribution in [2.45, 2.75) is 26.2 Å². The zero-order valence-electron chi connectivity index (χ0n) is 16.3. The predicted molar refractivity (Wildman–Crippen MR) is 104 cm³/mol. The summed E-state index contributed by atoms with van der Waals surface area (Å²) in [5, 5.41) is 3.06. The second-order valence-electron chi connectivity index (χ2n) is 7.56. The topological polar surface area (TPSA) is 61.9 Å². The minimum atomic E-state index is 0.0260. The SMILES string of the molecule is Cc1ccc(CC(=O)N2CCC(C(=O)NCCN3CCOCC3)CC2)cc1. The molecule has 6 heteroatoms.